The summed E-state index contributed by atoms with van der Waals surface area (Å²) in [7, 11) is 0. The van der Waals surface area contributed by atoms with Crippen LogP contribution in [-0.2, 0) is 6.42 Å². The Kier molecular flexibility index (Phi) is 5.65. The Morgan fingerprint density at radius 2 is 2.04 bits per heavy atom. The van der Waals surface area contributed by atoms with Crippen LogP contribution >= 0.6 is 11.8 Å². The molecular weight excluding hydrogens is 334 g/mol. The van der Waals surface area contributed by atoms with E-state index < -0.39 is 0 Å². The van der Waals surface area contributed by atoms with Gasteiger partial charge in [0, 0.05) is 18.8 Å². The normalized spacial score (nSPS) is 12.2. The molecule has 0 aliphatic heterocycles. The Bertz CT molecular complexity index is 813. The van der Waals surface area contributed by atoms with Crippen molar-refractivity contribution in [2.24, 2.45) is 0 Å². The van der Waals surface area contributed by atoms with E-state index in [4.69, 9.17) is 0 Å². The predicted molar refractivity (Wildman–Crippen MR) is 101 cm³/mol. The van der Waals surface area contributed by atoms with E-state index in [9.17, 15) is 4.79 Å². The maximum atomic E-state index is 12.6. The third-order valence-electron chi connectivity index (χ3n) is 3.94. The molecule has 2 heterocycles. The number of amides is 1. The molecule has 1 atom stereocenters. The van der Waals surface area contributed by atoms with E-state index in [1.165, 1.54) is 0 Å². The van der Waals surface area contributed by atoms with Crippen LogP contribution in [0.1, 0.15) is 41.4 Å². The van der Waals surface area contributed by atoms with Crippen molar-refractivity contribution in [1.82, 2.24) is 25.3 Å². The van der Waals surface area contributed by atoms with E-state index >= 15 is 0 Å². The third kappa shape index (κ3) is 4.17. The summed E-state index contributed by atoms with van der Waals surface area (Å²) < 4.78 is 0. The van der Waals surface area contributed by atoms with Crippen LogP contribution in [0.4, 0.5) is 0 Å². The van der Waals surface area contributed by atoms with Gasteiger partial charge < -0.3 is 10.3 Å². The molecule has 1 aromatic carbocycles. The minimum Gasteiger partial charge on any atom is -0.342 e. The number of benzene rings is 1. The quantitative estimate of drug-likeness (QED) is 0.680. The van der Waals surface area contributed by atoms with Crippen LogP contribution in [0, 0.1) is 0 Å². The molecule has 130 valence electrons. The van der Waals surface area contributed by atoms with Crippen molar-refractivity contribution in [2.75, 3.05) is 12.0 Å². The first-order chi connectivity index (χ1) is 12.2. The van der Waals surface area contributed by atoms with Gasteiger partial charge in [0.25, 0.3) is 5.91 Å². The summed E-state index contributed by atoms with van der Waals surface area (Å²) in [6.07, 6.45) is 6.74. The molecule has 1 unspecified atom stereocenters. The lowest BCUT2D eigenvalue weighted by Gasteiger charge is -2.16. The molecule has 0 aliphatic rings. The lowest BCUT2D eigenvalue weighted by atomic mass is 10.2. The maximum absolute atomic E-state index is 12.6. The number of fused-ring (bicyclic) bond motifs is 1. The van der Waals surface area contributed by atoms with Gasteiger partial charge in [-0.2, -0.15) is 11.8 Å². The first kappa shape index (κ1) is 17.4. The first-order valence-electron chi connectivity index (χ1n) is 8.26. The molecule has 6 nitrogen and oxygen atoms in total. The number of aromatic nitrogens is 4. The summed E-state index contributed by atoms with van der Waals surface area (Å²) in [6, 6.07) is 7.68. The molecule has 3 aromatic rings. The zero-order chi connectivity index (χ0) is 17.6. The number of nitrogens with one attached hydrogen (secondary N) is 2. The number of aryl methyl sites for hydroxylation is 1. The van der Waals surface area contributed by atoms with E-state index in [1.54, 1.807) is 24.2 Å². The number of imidazole rings is 1. The van der Waals surface area contributed by atoms with Crippen LogP contribution in [0.5, 0.6) is 0 Å². The molecule has 0 fully saturated rings. The second-order valence-corrected chi connectivity index (χ2v) is 6.67. The number of rotatable bonds is 7. The Morgan fingerprint density at radius 1 is 1.28 bits per heavy atom. The van der Waals surface area contributed by atoms with E-state index in [-0.39, 0.29) is 11.9 Å². The Morgan fingerprint density at radius 3 is 2.72 bits per heavy atom. The van der Waals surface area contributed by atoms with Crippen LogP contribution in [-0.4, -0.2) is 37.9 Å². The fraction of sp³-hybridized carbons (Fsp3) is 0.333. The highest BCUT2D eigenvalue weighted by Crippen LogP contribution is 2.20. The van der Waals surface area contributed by atoms with Crippen LogP contribution in [0.3, 0.4) is 0 Å². The van der Waals surface area contributed by atoms with Crippen molar-refractivity contribution in [1.29, 1.82) is 0 Å². The number of carbonyl (C=O) groups is 1. The molecule has 0 bridgehead atoms. The number of aromatic amines is 1. The van der Waals surface area contributed by atoms with Gasteiger partial charge in [0.05, 0.1) is 22.6 Å². The molecule has 2 aromatic heterocycles. The fourth-order valence-corrected chi connectivity index (χ4v) is 3.02. The van der Waals surface area contributed by atoms with E-state index in [2.05, 4.69) is 31.5 Å². The lowest BCUT2D eigenvalue weighted by molar-refractivity contribution is 0.0933. The summed E-state index contributed by atoms with van der Waals surface area (Å²) in [6.45, 7) is 1.98. The zero-order valence-corrected chi connectivity index (χ0v) is 15.1. The molecule has 0 spiro atoms. The van der Waals surface area contributed by atoms with Crippen molar-refractivity contribution in [2.45, 2.75) is 25.8 Å². The number of thioether (sulfide) groups is 1. The first-order valence-corrected chi connectivity index (χ1v) is 9.66. The van der Waals surface area contributed by atoms with Crippen molar-refractivity contribution in [3.63, 3.8) is 0 Å². The topological polar surface area (TPSA) is 83.6 Å². The zero-order valence-electron chi connectivity index (χ0n) is 14.3. The lowest BCUT2D eigenvalue weighted by Crippen LogP contribution is -2.30. The molecule has 25 heavy (non-hydrogen) atoms. The predicted octanol–water partition coefficient (Wildman–Crippen LogP) is 3.14. The van der Waals surface area contributed by atoms with Crippen molar-refractivity contribution >= 4 is 28.7 Å². The van der Waals surface area contributed by atoms with Crippen molar-refractivity contribution < 1.29 is 4.79 Å². The van der Waals surface area contributed by atoms with Gasteiger partial charge in [-0.15, -0.1) is 0 Å². The second-order valence-electron chi connectivity index (χ2n) is 5.69. The van der Waals surface area contributed by atoms with Gasteiger partial charge in [0.1, 0.15) is 11.6 Å². The molecule has 0 radical (unpaired) electrons. The van der Waals surface area contributed by atoms with Gasteiger partial charge in [0.15, 0.2) is 0 Å². The highest BCUT2D eigenvalue weighted by Gasteiger charge is 2.19. The van der Waals surface area contributed by atoms with Gasteiger partial charge in [0.2, 0.25) is 0 Å². The molecule has 0 saturated carbocycles. The average molecular weight is 355 g/mol. The number of para-hydroxylation sites is 2. The van der Waals surface area contributed by atoms with E-state index in [0.717, 1.165) is 41.3 Å². The number of hydrogen-bond donors (Lipinski definition) is 2. The number of H-pyrrole nitrogens is 1. The van der Waals surface area contributed by atoms with Gasteiger partial charge in [-0.05, 0) is 30.6 Å². The molecular formula is C18H21N5OS. The molecule has 1 amide bonds. The molecule has 7 heteroatoms. The average Bonchev–Trinajstić information content (AvgIpc) is 3.09. The summed E-state index contributed by atoms with van der Waals surface area (Å²) in [5, 5.41) is 3.06. The number of hydrogen-bond acceptors (Lipinski definition) is 5. The fourth-order valence-electron chi connectivity index (χ4n) is 2.55. The van der Waals surface area contributed by atoms with Crippen LogP contribution in [0.2, 0.25) is 0 Å². The smallest absolute Gasteiger partial charge is 0.255 e. The SMILES string of the molecule is CCc1ncc(C(=O)NC(CCSC)c2nc3ccccc3[nH]2)cn1. The van der Waals surface area contributed by atoms with Crippen LogP contribution in [0.15, 0.2) is 36.7 Å². The summed E-state index contributed by atoms with van der Waals surface area (Å²) in [5.41, 5.74) is 2.33. The number of carbonyl (C=O) groups excluding carboxylic acids is 1. The standard InChI is InChI=1S/C18H21N5OS/c1-3-16-19-10-12(11-20-16)18(24)23-15(8-9-25-2)17-21-13-6-4-5-7-14(13)22-17/h4-7,10-11,15H,3,8-9H2,1-2H3,(H,21,22)(H,23,24). The third-order valence-corrected chi connectivity index (χ3v) is 4.58. The second kappa shape index (κ2) is 8.11. The Hall–Kier alpha value is -2.41. The molecule has 0 saturated heterocycles. The number of nitrogens with zero attached hydrogens (tertiary/aromatic N) is 3. The van der Waals surface area contributed by atoms with Crippen LogP contribution < -0.4 is 5.32 Å². The van der Waals surface area contributed by atoms with Gasteiger partial charge in [-0.25, -0.2) is 15.0 Å². The Labute approximate surface area is 150 Å². The van der Waals surface area contributed by atoms with Gasteiger partial charge >= 0.3 is 0 Å². The van der Waals surface area contributed by atoms with Crippen LogP contribution in [0.25, 0.3) is 11.0 Å². The highest BCUT2D eigenvalue weighted by atomic mass is 32.2. The van der Waals surface area contributed by atoms with Gasteiger partial charge in [-0.3, -0.25) is 4.79 Å². The van der Waals surface area contributed by atoms with Crippen molar-refractivity contribution in [3.8, 4) is 0 Å². The summed E-state index contributed by atoms with van der Waals surface area (Å²) in [4.78, 5) is 28.9. The summed E-state index contributed by atoms with van der Waals surface area (Å²) in [5.74, 6) is 2.24. The molecule has 0 aliphatic carbocycles. The minimum absolute atomic E-state index is 0.182. The maximum Gasteiger partial charge on any atom is 0.255 e. The van der Waals surface area contributed by atoms with Gasteiger partial charge in [-0.1, -0.05) is 19.1 Å². The summed E-state index contributed by atoms with van der Waals surface area (Å²) >= 11 is 1.74. The van der Waals surface area contributed by atoms with E-state index in [0.29, 0.717) is 5.56 Å². The monoisotopic (exact) mass is 355 g/mol. The highest BCUT2D eigenvalue weighted by molar-refractivity contribution is 7.98. The molecule has 3 rings (SSSR count). The molecule has 2 N–H and O–H groups in total. The van der Waals surface area contributed by atoms with E-state index in [1.807, 2.05) is 31.2 Å². The minimum atomic E-state index is -0.186. The largest absolute Gasteiger partial charge is 0.342 e. The van der Waals surface area contributed by atoms with Crippen molar-refractivity contribution in [3.05, 3.63) is 53.9 Å². The Balaban J connectivity index is 1.80.